The van der Waals surface area contributed by atoms with Crippen molar-refractivity contribution in [2.75, 3.05) is 7.11 Å². The number of amides is 1. The fourth-order valence-electron chi connectivity index (χ4n) is 3.38. The van der Waals surface area contributed by atoms with Gasteiger partial charge in [0.05, 0.1) is 7.11 Å². The Morgan fingerprint density at radius 1 is 1.00 bits per heavy atom. The van der Waals surface area contributed by atoms with Crippen LogP contribution in [0.3, 0.4) is 0 Å². The summed E-state index contributed by atoms with van der Waals surface area (Å²) in [5.41, 5.74) is 3.21. The first-order valence-electron chi connectivity index (χ1n) is 10.4. The molecular weight excluding hydrogens is 390 g/mol. The normalized spacial score (nSPS) is 10.9. The Morgan fingerprint density at radius 2 is 1.74 bits per heavy atom. The summed E-state index contributed by atoms with van der Waals surface area (Å²) >= 11 is 0. The summed E-state index contributed by atoms with van der Waals surface area (Å²) in [5, 5.41) is 9.19. The maximum atomic E-state index is 12.3. The average molecular weight is 415 g/mol. The number of methoxy groups -OCH3 is 1. The molecule has 1 aromatic heterocycles. The van der Waals surface area contributed by atoms with Crippen molar-refractivity contribution in [3.05, 3.63) is 77.7 Å². The number of aryl methyl sites for hydroxylation is 2. The fraction of sp³-hybridized carbons (Fsp3) is 0.240. The third-order valence-electron chi connectivity index (χ3n) is 5.26. The summed E-state index contributed by atoms with van der Waals surface area (Å²) in [4.78, 5) is 16.7. The zero-order valence-corrected chi connectivity index (χ0v) is 17.7. The van der Waals surface area contributed by atoms with Crippen molar-refractivity contribution in [2.45, 2.75) is 32.7 Å². The van der Waals surface area contributed by atoms with Gasteiger partial charge in [-0.2, -0.15) is 4.98 Å². The van der Waals surface area contributed by atoms with Gasteiger partial charge in [-0.05, 0) is 46.5 Å². The molecule has 0 saturated carbocycles. The molecule has 0 aliphatic carbocycles. The molecule has 0 radical (unpaired) electrons. The molecule has 3 aromatic carbocycles. The van der Waals surface area contributed by atoms with Crippen molar-refractivity contribution in [2.24, 2.45) is 0 Å². The van der Waals surface area contributed by atoms with Gasteiger partial charge in [0.25, 0.3) is 0 Å². The number of hydrogen-bond acceptors (Lipinski definition) is 5. The van der Waals surface area contributed by atoms with Crippen LogP contribution in [-0.2, 0) is 24.2 Å². The van der Waals surface area contributed by atoms with Gasteiger partial charge in [0, 0.05) is 24.9 Å². The van der Waals surface area contributed by atoms with Crippen LogP contribution >= 0.6 is 0 Å². The average Bonchev–Trinajstić information content (AvgIpc) is 3.30. The topological polar surface area (TPSA) is 77.2 Å². The fourth-order valence-corrected chi connectivity index (χ4v) is 3.38. The van der Waals surface area contributed by atoms with Crippen molar-refractivity contribution >= 4 is 16.7 Å². The lowest BCUT2D eigenvalue weighted by molar-refractivity contribution is -0.121. The van der Waals surface area contributed by atoms with E-state index in [1.54, 1.807) is 7.11 Å². The molecule has 0 spiro atoms. The Bertz CT molecular complexity index is 1180. The number of nitrogens with one attached hydrogen (secondary N) is 1. The number of aromatic nitrogens is 2. The SMILES string of the molecule is CCc1ccc(-c2noc(CCC(=O)NCc3ccc4cc(OC)ccc4c3)n2)cc1. The second-order valence-electron chi connectivity index (χ2n) is 7.39. The van der Waals surface area contributed by atoms with Crippen molar-refractivity contribution in [3.63, 3.8) is 0 Å². The number of ether oxygens (including phenoxy) is 1. The largest absolute Gasteiger partial charge is 0.497 e. The van der Waals surface area contributed by atoms with E-state index in [-0.39, 0.29) is 5.91 Å². The Labute approximate surface area is 181 Å². The molecule has 0 unspecified atom stereocenters. The molecule has 1 N–H and O–H groups in total. The van der Waals surface area contributed by atoms with Crippen molar-refractivity contribution < 1.29 is 14.1 Å². The molecule has 31 heavy (non-hydrogen) atoms. The number of carbonyl (C=O) groups excluding carboxylic acids is 1. The standard InChI is InChI=1S/C25H25N3O3/c1-3-17-4-7-19(8-5-17)25-27-24(31-28-25)13-12-23(29)26-16-18-6-9-21-15-22(30-2)11-10-20(21)14-18/h4-11,14-15H,3,12-13,16H2,1-2H3,(H,26,29). The second kappa shape index (κ2) is 9.43. The maximum absolute atomic E-state index is 12.3. The van der Waals surface area contributed by atoms with Gasteiger partial charge < -0.3 is 14.6 Å². The highest BCUT2D eigenvalue weighted by molar-refractivity contribution is 5.84. The van der Waals surface area contributed by atoms with E-state index >= 15 is 0 Å². The Hall–Kier alpha value is -3.67. The Balaban J connectivity index is 1.29. The van der Waals surface area contributed by atoms with E-state index in [4.69, 9.17) is 9.26 Å². The van der Waals surface area contributed by atoms with Crippen molar-refractivity contribution in [3.8, 4) is 17.1 Å². The molecule has 4 aromatic rings. The van der Waals surface area contributed by atoms with E-state index in [9.17, 15) is 4.79 Å². The van der Waals surface area contributed by atoms with Crippen LogP contribution in [0.1, 0.15) is 30.4 Å². The first kappa shape index (κ1) is 20.6. The van der Waals surface area contributed by atoms with Crippen LogP contribution in [0.15, 0.2) is 65.2 Å². The van der Waals surface area contributed by atoms with Gasteiger partial charge in [-0.25, -0.2) is 0 Å². The summed E-state index contributed by atoms with van der Waals surface area (Å²) in [7, 11) is 1.66. The van der Waals surface area contributed by atoms with E-state index in [1.807, 2.05) is 42.5 Å². The maximum Gasteiger partial charge on any atom is 0.227 e. The van der Waals surface area contributed by atoms with Gasteiger partial charge in [-0.3, -0.25) is 4.79 Å². The molecular formula is C25H25N3O3. The Morgan fingerprint density at radius 3 is 2.52 bits per heavy atom. The monoisotopic (exact) mass is 415 g/mol. The molecule has 158 valence electrons. The lowest BCUT2D eigenvalue weighted by atomic mass is 10.1. The van der Waals surface area contributed by atoms with Gasteiger partial charge in [0.2, 0.25) is 17.6 Å². The predicted octanol–water partition coefficient (Wildman–Crippen LogP) is 4.71. The molecule has 6 nitrogen and oxygen atoms in total. The number of carbonyl (C=O) groups is 1. The number of benzene rings is 3. The molecule has 0 aliphatic heterocycles. The summed E-state index contributed by atoms with van der Waals surface area (Å²) in [6.45, 7) is 2.59. The van der Waals surface area contributed by atoms with E-state index in [0.29, 0.717) is 31.1 Å². The van der Waals surface area contributed by atoms with Gasteiger partial charge >= 0.3 is 0 Å². The first-order chi connectivity index (χ1) is 15.1. The molecule has 0 bridgehead atoms. The molecule has 0 fully saturated rings. The molecule has 0 aliphatic rings. The molecule has 0 atom stereocenters. The first-order valence-corrected chi connectivity index (χ1v) is 10.4. The smallest absolute Gasteiger partial charge is 0.227 e. The third kappa shape index (κ3) is 5.09. The summed E-state index contributed by atoms with van der Waals surface area (Å²) in [5.74, 6) is 1.79. The molecule has 1 amide bonds. The molecule has 6 heteroatoms. The van der Waals surface area contributed by atoms with Crippen LogP contribution in [0.4, 0.5) is 0 Å². The summed E-state index contributed by atoms with van der Waals surface area (Å²) < 4.78 is 10.6. The van der Waals surface area contributed by atoms with Gasteiger partial charge in [0.1, 0.15) is 5.75 Å². The quantitative estimate of drug-likeness (QED) is 0.451. The highest BCUT2D eigenvalue weighted by Gasteiger charge is 2.11. The van der Waals surface area contributed by atoms with Gasteiger partial charge in [0.15, 0.2) is 0 Å². The molecule has 4 rings (SSSR count). The van der Waals surface area contributed by atoms with Gasteiger partial charge in [-0.1, -0.05) is 54.5 Å². The molecule has 0 saturated heterocycles. The lowest BCUT2D eigenvalue weighted by Gasteiger charge is -2.07. The number of fused-ring (bicyclic) bond motifs is 1. The van der Waals surface area contributed by atoms with E-state index in [0.717, 1.165) is 34.1 Å². The van der Waals surface area contributed by atoms with Crippen LogP contribution in [0, 0.1) is 0 Å². The van der Waals surface area contributed by atoms with Crippen LogP contribution in [-0.4, -0.2) is 23.2 Å². The van der Waals surface area contributed by atoms with E-state index in [1.165, 1.54) is 5.56 Å². The lowest BCUT2D eigenvalue weighted by Crippen LogP contribution is -2.23. The summed E-state index contributed by atoms with van der Waals surface area (Å²) in [6.07, 6.45) is 1.69. The van der Waals surface area contributed by atoms with Gasteiger partial charge in [-0.15, -0.1) is 0 Å². The van der Waals surface area contributed by atoms with Crippen LogP contribution < -0.4 is 10.1 Å². The van der Waals surface area contributed by atoms with Crippen molar-refractivity contribution in [1.29, 1.82) is 0 Å². The van der Waals surface area contributed by atoms with Crippen LogP contribution in [0.2, 0.25) is 0 Å². The molecule has 1 heterocycles. The van der Waals surface area contributed by atoms with E-state index in [2.05, 4.69) is 40.6 Å². The Kier molecular flexibility index (Phi) is 6.26. The number of nitrogens with zero attached hydrogens (tertiary/aromatic N) is 2. The third-order valence-corrected chi connectivity index (χ3v) is 5.26. The second-order valence-corrected chi connectivity index (χ2v) is 7.39. The number of rotatable bonds is 8. The van der Waals surface area contributed by atoms with Crippen LogP contribution in [0.25, 0.3) is 22.2 Å². The van der Waals surface area contributed by atoms with Crippen LogP contribution in [0.5, 0.6) is 5.75 Å². The predicted molar refractivity (Wildman–Crippen MR) is 120 cm³/mol. The highest BCUT2D eigenvalue weighted by Crippen LogP contribution is 2.22. The van der Waals surface area contributed by atoms with E-state index < -0.39 is 0 Å². The summed E-state index contributed by atoms with van der Waals surface area (Å²) in [6, 6.07) is 20.1. The minimum absolute atomic E-state index is 0.0538. The number of hydrogen-bond donors (Lipinski definition) is 1. The minimum atomic E-state index is -0.0538. The van der Waals surface area contributed by atoms with Crippen molar-refractivity contribution in [1.82, 2.24) is 15.5 Å². The highest BCUT2D eigenvalue weighted by atomic mass is 16.5. The minimum Gasteiger partial charge on any atom is -0.497 e. The zero-order chi connectivity index (χ0) is 21.6. The zero-order valence-electron chi connectivity index (χ0n) is 17.7.